The summed E-state index contributed by atoms with van der Waals surface area (Å²) < 4.78 is 10.8. The fourth-order valence-corrected chi connectivity index (χ4v) is 2.31. The van der Waals surface area contributed by atoms with E-state index in [1.807, 2.05) is 25.1 Å². The van der Waals surface area contributed by atoms with Crippen LogP contribution in [0.1, 0.15) is 34.8 Å². The maximum Gasteiger partial charge on any atom is 0.272 e. The summed E-state index contributed by atoms with van der Waals surface area (Å²) in [5, 5.41) is 9.69. The molecular formula is C18H19N5O3. The summed E-state index contributed by atoms with van der Waals surface area (Å²) in [4.78, 5) is 20.3. The van der Waals surface area contributed by atoms with Gasteiger partial charge in [-0.2, -0.15) is 5.10 Å². The lowest BCUT2D eigenvalue weighted by Crippen LogP contribution is -2.27. The smallest absolute Gasteiger partial charge is 0.272 e. The number of hydrogen-bond donors (Lipinski definition) is 2. The molecule has 2 aromatic heterocycles. The Labute approximate surface area is 150 Å². The lowest BCUT2D eigenvalue weighted by molar-refractivity contribution is 0.0934. The van der Waals surface area contributed by atoms with Crippen LogP contribution in [0, 0.1) is 0 Å². The first kappa shape index (κ1) is 17.4. The molecule has 0 aliphatic carbocycles. The fraction of sp³-hybridized carbons (Fsp3) is 0.222. The molecule has 0 aliphatic rings. The number of aromatic nitrogens is 4. The third kappa shape index (κ3) is 4.35. The van der Waals surface area contributed by atoms with Crippen LogP contribution in [0.15, 0.2) is 48.9 Å². The van der Waals surface area contributed by atoms with E-state index in [1.165, 1.54) is 6.33 Å². The number of hydrogen-bond acceptors (Lipinski definition) is 6. The molecule has 1 aromatic carbocycles. The van der Waals surface area contributed by atoms with Gasteiger partial charge < -0.3 is 14.8 Å². The molecule has 1 amide bonds. The van der Waals surface area contributed by atoms with E-state index < -0.39 is 0 Å². The Kier molecular flexibility index (Phi) is 5.43. The minimum Gasteiger partial charge on any atom is -0.497 e. The monoisotopic (exact) mass is 353 g/mol. The number of H-pyrrole nitrogens is 1. The van der Waals surface area contributed by atoms with Gasteiger partial charge in [0, 0.05) is 12.3 Å². The number of nitrogens with one attached hydrogen (secondary N) is 2. The highest BCUT2D eigenvalue weighted by Gasteiger charge is 2.15. The second-order valence-electron chi connectivity index (χ2n) is 5.58. The molecule has 26 heavy (non-hydrogen) atoms. The Morgan fingerprint density at radius 1 is 1.27 bits per heavy atom. The van der Waals surface area contributed by atoms with Gasteiger partial charge in [-0.1, -0.05) is 6.07 Å². The molecule has 2 heterocycles. The highest BCUT2D eigenvalue weighted by molar-refractivity contribution is 5.92. The van der Waals surface area contributed by atoms with E-state index in [9.17, 15) is 4.79 Å². The topological polar surface area (TPSA) is 102 Å². The van der Waals surface area contributed by atoms with Gasteiger partial charge in [-0.05, 0) is 31.2 Å². The minimum atomic E-state index is -0.292. The van der Waals surface area contributed by atoms with Gasteiger partial charge in [-0.3, -0.25) is 9.89 Å². The predicted molar refractivity (Wildman–Crippen MR) is 93.8 cm³/mol. The van der Waals surface area contributed by atoms with E-state index >= 15 is 0 Å². The molecule has 0 aliphatic heterocycles. The highest BCUT2D eigenvalue weighted by atomic mass is 16.5. The Bertz CT molecular complexity index is 866. The lowest BCUT2D eigenvalue weighted by atomic mass is 10.2. The van der Waals surface area contributed by atoms with Crippen molar-refractivity contribution in [2.75, 3.05) is 7.11 Å². The van der Waals surface area contributed by atoms with Crippen LogP contribution in [0.25, 0.3) is 0 Å². The van der Waals surface area contributed by atoms with E-state index in [1.54, 1.807) is 31.5 Å². The van der Waals surface area contributed by atoms with Gasteiger partial charge in [0.25, 0.3) is 5.91 Å². The number of amides is 1. The number of carbonyl (C=O) groups excluding carboxylic acids is 1. The summed E-state index contributed by atoms with van der Waals surface area (Å²) in [7, 11) is 1.60. The first-order chi connectivity index (χ1) is 12.7. The molecule has 8 nitrogen and oxygen atoms in total. The minimum absolute atomic E-state index is 0.251. The number of nitrogens with zero attached hydrogens (tertiary/aromatic N) is 3. The Hall–Kier alpha value is -3.42. The normalized spacial score (nSPS) is 11.6. The average molecular weight is 353 g/mol. The number of carbonyl (C=O) groups is 1. The molecule has 0 bridgehead atoms. The Morgan fingerprint density at radius 2 is 2.12 bits per heavy atom. The van der Waals surface area contributed by atoms with Gasteiger partial charge in [0.05, 0.1) is 24.5 Å². The van der Waals surface area contributed by atoms with Crippen LogP contribution < -0.4 is 14.8 Å². The molecule has 3 aromatic rings. The van der Waals surface area contributed by atoms with Crippen molar-refractivity contribution >= 4 is 5.91 Å². The number of methoxy groups -OCH3 is 1. The quantitative estimate of drug-likeness (QED) is 0.676. The average Bonchev–Trinajstić information content (AvgIpc) is 3.16. The molecule has 0 saturated carbocycles. The van der Waals surface area contributed by atoms with Crippen LogP contribution in [0.2, 0.25) is 0 Å². The summed E-state index contributed by atoms with van der Waals surface area (Å²) >= 11 is 0. The number of rotatable bonds is 7. The number of ether oxygens (including phenoxy) is 2. The fourth-order valence-electron chi connectivity index (χ4n) is 2.31. The molecule has 0 saturated heterocycles. The number of benzene rings is 1. The van der Waals surface area contributed by atoms with E-state index in [0.29, 0.717) is 17.2 Å². The maximum atomic E-state index is 12.3. The standard InChI is InChI=1S/C18H19N5O3/c1-12(16-6-7-19-11-20-16)21-18(24)17-8-13(22-23-17)10-26-15-5-3-4-14(9-15)25-2/h3-9,11-12H,10H2,1-2H3,(H,21,24)(H,22,23)/t12-/m0/s1. The van der Waals surface area contributed by atoms with Gasteiger partial charge in [0.2, 0.25) is 0 Å². The summed E-state index contributed by atoms with van der Waals surface area (Å²) in [5.74, 6) is 1.09. The van der Waals surface area contributed by atoms with Crippen LogP contribution in [-0.4, -0.2) is 33.2 Å². The van der Waals surface area contributed by atoms with E-state index in [0.717, 1.165) is 5.69 Å². The van der Waals surface area contributed by atoms with E-state index in [4.69, 9.17) is 9.47 Å². The van der Waals surface area contributed by atoms with Gasteiger partial charge in [0.1, 0.15) is 30.1 Å². The molecular weight excluding hydrogens is 334 g/mol. The summed E-state index contributed by atoms with van der Waals surface area (Å²) in [6, 6.07) is 10.5. The van der Waals surface area contributed by atoms with Crippen molar-refractivity contribution in [2.45, 2.75) is 19.6 Å². The molecule has 0 unspecified atom stereocenters. The van der Waals surface area contributed by atoms with Crippen molar-refractivity contribution in [1.82, 2.24) is 25.5 Å². The SMILES string of the molecule is COc1cccc(OCc2cc(C(=O)N[C@@H](C)c3ccncn3)n[nH]2)c1. The lowest BCUT2D eigenvalue weighted by Gasteiger charge is -2.11. The van der Waals surface area contributed by atoms with Crippen molar-refractivity contribution in [1.29, 1.82) is 0 Å². The molecule has 134 valence electrons. The van der Waals surface area contributed by atoms with Crippen molar-refractivity contribution in [3.8, 4) is 11.5 Å². The molecule has 2 N–H and O–H groups in total. The first-order valence-corrected chi connectivity index (χ1v) is 8.03. The molecule has 0 fully saturated rings. The van der Waals surface area contributed by atoms with Crippen LogP contribution in [0.5, 0.6) is 11.5 Å². The van der Waals surface area contributed by atoms with Crippen LogP contribution in [-0.2, 0) is 6.61 Å². The second-order valence-corrected chi connectivity index (χ2v) is 5.58. The zero-order valence-electron chi connectivity index (χ0n) is 14.5. The van der Waals surface area contributed by atoms with Crippen LogP contribution in [0.3, 0.4) is 0 Å². The Morgan fingerprint density at radius 3 is 2.88 bits per heavy atom. The third-order valence-electron chi connectivity index (χ3n) is 3.70. The zero-order valence-corrected chi connectivity index (χ0v) is 14.5. The van der Waals surface area contributed by atoms with Crippen molar-refractivity contribution in [2.24, 2.45) is 0 Å². The highest BCUT2D eigenvalue weighted by Crippen LogP contribution is 2.19. The zero-order chi connectivity index (χ0) is 18.4. The first-order valence-electron chi connectivity index (χ1n) is 8.03. The van der Waals surface area contributed by atoms with E-state index in [2.05, 4.69) is 25.5 Å². The molecule has 0 spiro atoms. The van der Waals surface area contributed by atoms with Gasteiger partial charge in [0.15, 0.2) is 0 Å². The molecule has 8 heteroatoms. The molecule has 1 atom stereocenters. The van der Waals surface area contributed by atoms with Crippen molar-refractivity contribution < 1.29 is 14.3 Å². The number of aromatic amines is 1. The van der Waals surface area contributed by atoms with Crippen LogP contribution >= 0.6 is 0 Å². The summed E-state index contributed by atoms with van der Waals surface area (Å²) in [6.07, 6.45) is 3.08. The van der Waals surface area contributed by atoms with Gasteiger partial charge in [-0.25, -0.2) is 9.97 Å². The third-order valence-corrected chi connectivity index (χ3v) is 3.70. The largest absolute Gasteiger partial charge is 0.497 e. The summed E-state index contributed by atoms with van der Waals surface area (Å²) in [6.45, 7) is 2.11. The maximum absolute atomic E-state index is 12.3. The summed E-state index contributed by atoms with van der Waals surface area (Å²) in [5.41, 5.74) is 1.70. The van der Waals surface area contributed by atoms with Crippen molar-refractivity contribution in [3.63, 3.8) is 0 Å². The predicted octanol–water partition coefficient (Wildman–Crippen LogP) is 2.28. The molecule has 0 radical (unpaired) electrons. The second kappa shape index (κ2) is 8.11. The van der Waals surface area contributed by atoms with E-state index in [-0.39, 0.29) is 24.2 Å². The van der Waals surface area contributed by atoms with Gasteiger partial charge >= 0.3 is 0 Å². The van der Waals surface area contributed by atoms with Crippen molar-refractivity contribution in [3.05, 3.63) is 66.0 Å². The molecule has 3 rings (SSSR count). The van der Waals surface area contributed by atoms with Crippen LogP contribution in [0.4, 0.5) is 0 Å². The Balaban J connectivity index is 1.57. The van der Waals surface area contributed by atoms with Gasteiger partial charge in [-0.15, -0.1) is 0 Å².